The first-order valence-corrected chi connectivity index (χ1v) is 6.75. The van der Waals surface area contributed by atoms with E-state index in [0.717, 1.165) is 12.1 Å². The molecule has 0 aliphatic carbocycles. The average molecular weight is 258 g/mol. The molecule has 0 aliphatic heterocycles. The zero-order valence-electron chi connectivity index (χ0n) is 12.1. The molecule has 4 heteroatoms. The van der Waals surface area contributed by atoms with Crippen molar-refractivity contribution in [2.75, 3.05) is 5.73 Å². The maximum Gasteiger partial charge on any atom is 0.128 e. The summed E-state index contributed by atoms with van der Waals surface area (Å²) in [5, 5.41) is 0. The number of nitrogens with two attached hydrogens (primary N) is 1. The van der Waals surface area contributed by atoms with Crippen molar-refractivity contribution in [1.82, 2.24) is 14.5 Å². The summed E-state index contributed by atoms with van der Waals surface area (Å²) in [7, 11) is 0. The Bertz CT molecular complexity index is 555. The van der Waals surface area contributed by atoms with Crippen LogP contribution < -0.4 is 5.73 Å². The molecule has 0 saturated heterocycles. The van der Waals surface area contributed by atoms with Gasteiger partial charge in [-0.05, 0) is 17.9 Å². The van der Waals surface area contributed by atoms with Gasteiger partial charge in [-0.2, -0.15) is 0 Å². The van der Waals surface area contributed by atoms with Crippen LogP contribution in [0.4, 0.5) is 5.82 Å². The van der Waals surface area contributed by atoms with Gasteiger partial charge in [0.25, 0.3) is 0 Å². The topological polar surface area (TPSA) is 56.7 Å². The Balaban J connectivity index is 2.38. The van der Waals surface area contributed by atoms with Gasteiger partial charge in [-0.15, -0.1) is 0 Å². The van der Waals surface area contributed by atoms with Crippen molar-refractivity contribution in [3.8, 4) is 0 Å². The van der Waals surface area contributed by atoms with Crippen molar-refractivity contribution in [3.63, 3.8) is 0 Å². The fourth-order valence-electron chi connectivity index (χ4n) is 2.37. The van der Waals surface area contributed by atoms with Crippen molar-refractivity contribution in [3.05, 3.63) is 41.6 Å². The quantitative estimate of drug-likeness (QED) is 0.916. The van der Waals surface area contributed by atoms with E-state index in [2.05, 4.69) is 42.2 Å². The maximum absolute atomic E-state index is 5.92. The van der Waals surface area contributed by atoms with E-state index >= 15 is 0 Å². The number of hydrogen-bond acceptors (Lipinski definition) is 3. The van der Waals surface area contributed by atoms with Gasteiger partial charge in [0, 0.05) is 17.5 Å². The van der Waals surface area contributed by atoms with Crippen LogP contribution in [-0.4, -0.2) is 14.5 Å². The van der Waals surface area contributed by atoms with Crippen LogP contribution in [0.2, 0.25) is 0 Å². The summed E-state index contributed by atoms with van der Waals surface area (Å²) in [4.78, 5) is 8.70. The number of hydrogen-bond donors (Lipinski definition) is 1. The predicted octanol–water partition coefficient (Wildman–Crippen LogP) is 3.16. The van der Waals surface area contributed by atoms with Crippen LogP contribution in [0, 0.1) is 0 Å². The molecule has 2 aromatic rings. The Morgan fingerprint density at radius 1 is 1.16 bits per heavy atom. The molecule has 0 atom stereocenters. The van der Waals surface area contributed by atoms with Gasteiger partial charge in [0.15, 0.2) is 0 Å². The minimum absolute atomic E-state index is 0.435. The van der Waals surface area contributed by atoms with Gasteiger partial charge >= 0.3 is 0 Å². The number of nitrogens with zero attached hydrogens (tertiary/aromatic N) is 3. The lowest BCUT2D eigenvalue weighted by molar-refractivity contribution is 0.672. The molecule has 19 heavy (non-hydrogen) atoms. The molecule has 0 unspecified atom stereocenters. The number of imidazole rings is 1. The molecule has 2 aromatic heterocycles. The Morgan fingerprint density at radius 3 is 2.47 bits per heavy atom. The van der Waals surface area contributed by atoms with Gasteiger partial charge in [-0.1, -0.05) is 33.8 Å². The van der Waals surface area contributed by atoms with Crippen LogP contribution in [0.1, 0.15) is 56.5 Å². The van der Waals surface area contributed by atoms with E-state index in [0.29, 0.717) is 17.7 Å². The summed E-state index contributed by atoms with van der Waals surface area (Å²) in [6.45, 7) is 9.48. The zero-order chi connectivity index (χ0) is 14.0. The third kappa shape index (κ3) is 2.78. The van der Waals surface area contributed by atoms with Crippen LogP contribution in [0.3, 0.4) is 0 Å². The number of rotatable bonds is 4. The highest BCUT2D eigenvalue weighted by molar-refractivity contribution is 5.39. The Hall–Kier alpha value is -1.84. The Morgan fingerprint density at radius 2 is 1.89 bits per heavy atom. The van der Waals surface area contributed by atoms with E-state index in [1.54, 1.807) is 6.20 Å². The molecule has 0 aliphatic rings. The SMILES string of the molecule is CC(C)c1ncn(Cc2cccnc2N)c1C(C)C. The lowest BCUT2D eigenvalue weighted by atomic mass is 10.0. The molecule has 0 radical (unpaired) electrons. The molecule has 0 spiro atoms. The highest BCUT2D eigenvalue weighted by Crippen LogP contribution is 2.26. The second-order valence-corrected chi connectivity index (χ2v) is 5.50. The first kappa shape index (κ1) is 13.6. The van der Waals surface area contributed by atoms with E-state index in [1.165, 1.54) is 11.4 Å². The first-order valence-electron chi connectivity index (χ1n) is 6.75. The van der Waals surface area contributed by atoms with Crippen molar-refractivity contribution in [1.29, 1.82) is 0 Å². The van der Waals surface area contributed by atoms with Crippen LogP contribution in [-0.2, 0) is 6.54 Å². The smallest absolute Gasteiger partial charge is 0.128 e. The first-order chi connectivity index (χ1) is 9.00. The van der Waals surface area contributed by atoms with Gasteiger partial charge < -0.3 is 10.3 Å². The number of pyridine rings is 1. The molecule has 0 saturated carbocycles. The molecular weight excluding hydrogens is 236 g/mol. The fraction of sp³-hybridized carbons (Fsp3) is 0.467. The molecular formula is C15H22N4. The normalized spacial score (nSPS) is 11.5. The summed E-state index contributed by atoms with van der Waals surface area (Å²) in [5.74, 6) is 1.47. The van der Waals surface area contributed by atoms with Crippen LogP contribution >= 0.6 is 0 Å². The molecule has 0 aromatic carbocycles. The van der Waals surface area contributed by atoms with Crippen molar-refractivity contribution in [2.24, 2.45) is 0 Å². The number of aromatic nitrogens is 3. The summed E-state index contributed by atoms with van der Waals surface area (Å²) < 4.78 is 2.19. The Labute approximate surface area is 114 Å². The van der Waals surface area contributed by atoms with E-state index in [-0.39, 0.29) is 0 Å². The fourth-order valence-corrected chi connectivity index (χ4v) is 2.37. The minimum atomic E-state index is 0.435. The number of nitrogen functional groups attached to an aromatic ring is 1. The molecule has 102 valence electrons. The summed E-state index contributed by atoms with van der Waals surface area (Å²) in [5.41, 5.74) is 9.42. The molecule has 2 N–H and O–H groups in total. The van der Waals surface area contributed by atoms with Gasteiger partial charge in [-0.25, -0.2) is 9.97 Å². The van der Waals surface area contributed by atoms with E-state index in [1.807, 2.05) is 18.5 Å². The molecule has 2 rings (SSSR count). The lowest BCUT2D eigenvalue weighted by Gasteiger charge is -2.15. The maximum atomic E-state index is 5.92. The monoisotopic (exact) mass is 258 g/mol. The van der Waals surface area contributed by atoms with Crippen molar-refractivity contribution < 1.29 is 0 Å². The molecule has 4 nitrogen and oxygen atoms in total. The van der Waals surface area contributed by atoms with Gasteiger partial charge in [0.05, 0.1) is 18.6 Å². The van der Waals surface area contributed by atoms with Crippen LogP contribution in [0.5, 0.6) is 0 Å². The van der Waals surface area contributed by atoms with E-state index in [9.17, 15) is 0 Å². The average Bonchev–Trinajstić information content (AvgIpc) is 2.76. The lowest BCUT2D eigenvalue weighted by Crippen LogP contribution is -2.09. The summed E-state index contributed by atoms with van der Waals surface area (Å²) >= 11 is 0. The highest BCUT2D eigenvalue weighted by Gasteiger charge is 2.17. The number of anilines is 1. The van der Waals surface area contributed by atoms with Crippen LogP contribution in [0.15, 0.2) is 24.7 Å². The molecule has 0 fully saturated rings. The zero-order valence-corrected chi connectivity index (χ0v) is 12.1. The third-order valence-electron chi connectivity index (χ3n) is 3.27. The minimum Gasteiger partial charge on any atom is -0.383 e. The predicted molar refractivity (Wildman–Crippen MR) is 78.2 cm³/mol. The van der Waals surface area contributed by atoms with Crippen LogP contribution in [0.25, 0.3) is 0 Å². The third-order valence-corrected chi connectivity index (χ3v) is 3.27. The standard InChI is InChI=1S/C15H22N4/c1-10(2)13-14(11(3)4)19(9-18-13)8-12-6-5-7-17-15(12)16/h5-7,9-11H,8H2,1-4H3,(H2,16,17). The summed E-state index contributed by atoms with van der Waals surface area (Å²) in [6.07, 6.45) is 3.63. The highest BCUT2D eigenvalue weighted by atomic mass is 15.1. The Kier molecular flexibility index (Phi) is 3.88. The molecule has 0 bridgehead atoms. The van der Waals surface area contributed by atoms with Gasteiger partial charge in [0.2, 0.25) is 0 Å². The second kappa shape index (κ2) is 5.43. The molecule has 2 heterocycles. The molecule has 0 amide bonds. The summed E-state index contributed by atoms with van der Waals surface area (Å²) in [6, 6.07) is 3.93. The van der Waals surface area contributed by atoms with Gasteiger partial charge in [-0.3, -0.25) is 0 Å². The largest absolute Gasteiger partial charge is 0.383 e. The van der Waals surface area contributed by atoms with Crippen molar-refractivity contribution in [2.45, 2.75) is 46.1 Å². The van der Waals surface area contributed by atoms with Gasteiger partial charge in [0.1, 0.15) is 5.82 Å². The van der Waals surface area contributed by atoms with E-state index < -0.39 is 0 Å². The van der Waals surface area contributed by atoms with Crippen molar-refractivity contribution >= 4 is 5.82 Å². The second-order valence-electron chi connectivity index (χ2n) is 5.50. The van der Waals surface area contributed by atoms with E-state index in [4.69, 9.17) is 5.73 Å².